The summed E-state index contributed by atoms with van der Waals surface area (Å²) in [4.78, 5) is 5.16. The lowest BCUT2D eigenvalue weighted by Crippen LogP contribution is -2.11. The van der Waals surface area contributed by atoms with Gasteiger partial charge in [0.2, 0.25) is 4.80 Å². The molecular weight excluding hydrogens is 338 g/mol. The van der Waals surface area contributed by atoms with Gasteiger partial charge in [0, 0.05) is 23.0 Å². The molecule has 0 bridgehead atoms. The van der Waals surface area contributed by atoms with Gasteiger partial charge in [0.15, 0.2) is 0 Å². The molecule has 0 atom stereocenters. The van der Waals surface area contributed by atoms with E-state index in [0.717, 1.165) is 33.1 Å². The van der Waals surface area contributed by atoms with Gasteiger partial charge in [-0.2, -0.15) is 5.10 Å². The molecule has 24 heavy (non-hydrogen) atoms. The summed E-state index contributed by atoms with van der Waals surface area (Å²) in [5.41, 5.74) is 4.44. The van der Waals surface area contributed by atoms with E-state index in [0.29, 0.717) is 0 Å². The SMILES string of the molecule is CCc1ccc(C=Nn2c(-c3ccc(Cl)cc3)csc2=NC)cc1. The van der Waals surface area contributed by atoms with E-state index in [1.165, 1.54) is 5.56 Å². The number of halogens is 1. The Labute approximate surface area is 150 Å². The first-order valence-electron chi connectivity index (χ1n) is 7.74. The van der Waals surface area contributed by atoms with Crippen LogP contribution < -0.4 is 4.80 Å². The monoisotopic (exact) mass is 355 g/mol. The van der Waals surface area contributed by atoms with Crippen molar-refractivity contribution in [3.63, 3.8) is 0 Å². The molecule has 0 radical (unpaired) electrons. The largest absolute Gasteiger partial charge is 0.261 e. The molecule has 0 aliphatic carbocycles. The molecule has 3 nitrogen and oxygen atoms in total. The van der Waals surface area contributed by atoms with Crippen LogP contribution >= 0.6 is 22.9 Å². The van der Waals surface area contributed by atoms with Gasteiger partial charge in [-0.25, -0.2) is 4.68 Å². The second-order valence-corrected chi connectivity index (χ2v) is 6.56. The third-order valence-electron chi connectivity index (χ3n) is 3.73. The van der Waals surface area contributed by atoms with E-state index in [4.69, 9.17) is 11.6 Å². The lowest BCUT2D eigenvalue weighted by molar-refractivity contribution is 0.848. The molecule has 0 aliphatic rings. The van der Waals surface area contributed by atoms with Crippen LogP contribution in [0.5, 0.6) is 0 Å². The van der Waals surface area contributed by atoms with Crippen LogP contribution in [0.15, 0.2) is 64.0 Å². The molecule has 2 aromatic carbocycles. The number of rotatable bonds is 4. The van der Waals surface area contributed by atoms with Gasteiger partial charge in [-0.15, -0.1) is 11.3 Å². The summed E-state index contributed by atoms with van der Waals surface area (Å²) in [6, 6.07) is 16.2. The number of hydrogen-bond acceptors (Lipinski definition) is 3. The van der Waals surface area contributed by atoms with Gasteiger partial charge >= 0.3 is 0 Å². The standard InChI is InChI=1S/C19H18ClN3S/c1-3-14-4-6-15(7-5-14)12-22-23-18(13-24-19(23)21-2)16-8-10-17(20)11-9-16/h4-13H,3H2,1-2H3. The molecular formula is C19H18ClN3S. The molecule has 0 unspecified atom stereocenters. The molecule has 0 fully saturated rings. The first-order chi connectivity index (χ1) is 11.7. The molecule has 3 rings (SSSR count). The van der Waals surface area contributed by atoms with E-state index < -0.39 is 0 Å². The summed E-state index contributed by atoms with van der Waals surface area (Å²) in [7, 11) is 1.78. The average molecular weight is 356 g/mol. The van der Waals surface area contributed by atoms with Gasteiger partial charge < -0.3 is 0 Å². The molecule has 122 valence electrons. The third kappa shape index (κ3) is 3.66. The van der Waals surface area contributed by atoms with Crippen molar-refractivity contribution in [2.45, 2.75) is 13.3 Å². The van der Waals surface area contributed by atoms with Crippen LogP contribution in [0.25, 0.3) is 11.3 Å². The molecule has 0 saturated heterocycles. The van der Waals surface area contributed by atoms with Crippen LogP contribution in [-0.4, -0.2) is 17.9 Å². The van der Waals surface area contributed by atoms with Crippen molar-refractivity contribution in [3.8, 4) is 11.3 Å². The Bertz CT molecular complexity index is 903. The fraction of sp³-hybridized carbons (Fsp3) is 0.158. The molecule has 0 aliphatic heterocycles. The number of hydrogen-bond donors (Lipinski definition) is 0. The second-order valence-electron chi connectivity index (χ2n) is 5.29. The fourth-order valence-electron chi connectivity index (χ4n) is 2.35. The Kier molecular flexibility index (Phi) is 5.28. The number of benzene rings is 2. The Morgan fingerprint density at radius 2 is 1.79 bits per heavy atom. The predicted octanol–water partition coefficient (Wildman–Crippen LogP) is 4.85. The zero-order chi connectivity index (χ0) is 16.9. The normalized spacial score (nSPS) is 12.2. The molecule has 3 aromatic rings. The molecule has 5 heteroatoms. The van der Waals surface area contributed by atoms with Crippen molar-refractivity contribution in [1.29, 1.82) is 0 Å². The van der Waals surface area contributed by atoms with Crippen LogP contribution in [0.4, 0.5) is 0 Å². The maximum Gasteiger partial charge on any atom is 0.205 e. The smallest absolute Gasteiger partial charge is 0.205 e. The number of aryl methyl sites for hydroxylation is 1. The summed E-state index contributed by atoms with van der Waals surface area (Å²) in [6.45, 7) is 2.15. The van der Waals surface area contributed by atoms with Gasteiger partial charge in [0.05, 0.1) is 11.9 Å². The van der Waals surface area contributed by atoms with E-state index in [1.54, 1.807) is 18.4 Å². The Hall–Kier alpha value is -2.17. The summed E-state index contributed by atoms with van der Waals surface area (Å²) in [5, 5.41) is 7.42. The number of nitrogens with zero attached hydrogens (tertiary/aromatic N) is 3. The maximum atomic E-state index is 5.98. The fourth-order valence-corrected chi connectivity index (χ4v) is 3.27. The third-order valence-corrected chi connectivity index (χ3v) is 4.89. The lowest BCUT2D eigenvalue weighted by atomic mass is 10.1. The topological polar surface area (TPSA) is 29.6 Å². The number of thiazole rings is 1. The quantitative estimate of drug-likeness (QED) is 0.599. The van der Waals surface area contributed by atoms with E-state index in [-0.39, 0.29) is 0 Å². The number of aromatic nitrogens is 1. The molecule has 0 spiro atoms. The van der Waals surface area contributed by atoms with Crippen LogP contribution in [0.2, 0.25) is 5.02 Å². The Morgan fingerprint density at radius 1 is 1.08 bits per heavy atom. The van der Waals surface area contributed by atoms with Crippen LogP contribution in [0.3, 0.4) is 0 Å². The van der Waals surface area contributed by atoms with Gasteiger partial charge in [-0.05, 0) is 29.7 Å². The van der Waals surface area contributed by atoms with Gasteiger partial charge in [0.1, 0.15) is 0 Å². The van der Waals surface area contributed by atoms with E-state index in [1.807, 2.05) is 35.2 Å². The minimum Gasteiger partial charge on any atom is -0.261 e. The molecule has 1 aromatic heterocycles. The summed E-state index contributed by atoms with van der Waals surface area (Å²) in [6.07, 6.45) is 2.90. The highest BCUT2D eigenvalue weighted by Gasteiger charge is 2.06. The van der Waals surface area contributed by atoms with Crippen LogP contribution in [0, 0.1) is 0 Å². The minimum absolute atomic E-state index is 0.723. The first kappa shape index (κ1) is 16.7. The van der Waals surface area contributed by atoms with E-state index in [9.17, 15) is 0 Å². The Morgan fingerprint density at radius 3 is 2.42 bits per heavy atom. The summed E-state index contributed by atoms with van der Waals surface area (Å²) in [5.74, 6) is 0. The molecule has 0 amide bonds. The van der Waals surface area contributed by atoms with Crippen molar-refractivity contribution in [2.24, 2.45) is 10.1 Å². The summed E-state index contributed by atoms with van der Waals surface area (Å²) < 4.78 is 1.86. The Balaban J connectivity index is 1.98. The van der Waals surface area contributed by atoms with E-state index in [2.05, 4.69) is 46.7 Å². The zero-order valence-corrected chi connectivity index (χ0v) is 15.2. The van der Waals surface area contributed by atoms with Crippen molar-refractivity contribution in [2.75, 3.05) is 7.05 Å². The van der Waals surface area contributed by atoms with Crippen molar-refractivity contribution in [3.05, 3.63) is 74.9 Å². The average Bonchev–Trinajstić information content (AvgIpc) is 3.04. The van der Waals surface area contributed by atoms with Crippen LogP contribution in [-0.2, 0) is 6.42 Å². The lowest BCUT2D eigenvalue weighted by Gasteiger charge is -2.04. The van der Waals surface area contributed by atoms with Gasteiger partial charge in [0.25, 0.3) is 0 Å². The highest BCUT2D eigenvalue weighted by atomic mass is 35.5. The van der Waals surface area contributed by atoms with Crippen molar-refractivity contribution < 1.29 is 0 Å². The van der Waals surface area contributed by atoms with Crippen molar-refractivity contribution in [1.82, 2.24) is 4.68 Å². The highest BCUT2D eigenvalue weighted by Crippen LogP contribution is 2.22. The van der Waals surface area contributed by atoms with Gasteiger partial charge in [-0.3, -0.25) is 4.99 Å². The van der Waals surface area contributed by atoms with Crippen molar-refractivity contribution >= 4 is 29.2 Å². The van der Waals surface area contributed by atoms with Crippen LogP contribution in [0.1, 0.15) is 18.1 Å². The zero-order valence-electron chi connectivity index (χ0n) is 13.6. The molecule has 1 heterocycles. The highest BCUT2D eigenvalue weighted by molar-refractivity contribution is 7.07. The first-order valence-corrected chi connectivity index (χ1v) is 8.99. The molecule has 0 N–H and O–H groups in total. The molecule has 0 saturated carbocycles. The minimum atomic E-state index is 0.723. The predicted molar refractivity (Wildman–Crippen MR) is 103 cm³/mol. The summed E-state index contributed by atoms with van der Waals surface area (Å²) >= 11 is 7.55. The second kappa shape index (κ2) is 7.60. The maximum absolute atomic E-state index is 5.98. The van der Waals surface area contributed by atoms with Gasteiger partial charge in [-0.1, -0.05) is 54.9 Å². The van der Waals surface area contributed by atoms with E-state index >= 15 is 0 Å².